The second kappa shape index (κ2) is 5.90. The Morgan fingerprint density at radius 1 is 1.35 bits per heavy atom. The monoisotopic (exact) mass is 277 g/mol. The number of aromatic carboxylic acids is 1. The number of urea groups is 1. The van der Waals surface area contributed by atoms with Crippen molar-refractivity contribution in [3.05, 3.63) is 29.6 Å². The lowest BCUT2D eigenvalue weighted by molar-refractivity contribution is 0.0690. The number of nitrogens with zero attached hydrogens (tertiary/aromatic N) is 1. The molecular formula is C14H19N3O3. The maximum absolute atomic E-state index is 11.6. The Hall–Kier alpha value is -2.11. The molecule has 1 aromatic rings. The van der Waals surface area contributed by atoms with Crippen LogP contribution in [0.3, 0.4) is 0 Å². The Labute approximate surface area is 117 Å². The summed E-state index contributed by atoms with van der Waals surface area (Å²) < 4.78 is 0. The van der Waals surface area contributed by atoms with E-state index in [1.54, 1.807) is 6.07 Å². The number of carbonyl (C=O) groups is 2. The van der Waals surface area contributed by atoms with Gasteiger partial charge in [-0.25, -0.2) is 14.6 Å². The van der Waals surface area contributed by atoms with E-state index < -0.39 is 5.97 Å². The third kappa shape index (κ3) is 3.69. The second-order valence-electron chi connectivity index (χ2n) is 5.56. The first kappa shape index (κ1) is 14.3. The van der Waals surface area contributed by atoms with Gasteiger partial charge in [-0.15, -0.1) is 0 Å². The predicted molar refractivity (Wildman–Crippen MR) is 73.4 cm³/mol. The molecule has 0 bridgehead atoms. The summed E-state index contributed by atoms with van der Waals surface area (Å²) in [4.78, 5) is 26.1. The number of nitrogens with one attached hydrogen (secondary N) is 2. The molecule has 6 nitrogen and oxygen atoms in total. The van der Waals surface area contributed by atoms with Crippen molar-refractivity contribution in [3.8, 4) is 0 Å². The van der Waals surface area contributed by atoms with Crippen molar-refractivity contribution in [1.29, 1.82) is 0 Å². The van der Waals surface area contributed by atoms with Crippen LogP contribution in [0.15, 0.2) is 18.3 Å². The summed E-state index contributed by atoms with van der Waals surface area (Å²) in [7, 11) is 0. The van der Waals surface area contributed by atoms with Crippen LogP contribution in [-0.4, -0.2) is 28.6 Å². The highest BCUT2D eigenvalue weighted by atomic mass is 16.4. The van der Waals surface area contributed by atoms with Crippen LogP contribution in [0.2, 0.25) is 0 Å². The molecule has 6 heteroatoms. The number of carbonyl (C=O) groups excluding carboxylic acids is 1. The minimum Gasteiger partial charge on any atom is -0.477 e. The maximum atomic E-state index is 11.6. The van der Waals surface area contributed by atoms with Gasteiger partial charge in [-0.05, 0) is 29.9 Å². The first-order valence-electron chi connectivity index (χ1n) is 6.68. The van der Waals surface area contributed by atoms with Crippen molar-refractivity contribution in [3.63, 3.8) is 0 Å². The molecule has 2 rings (SSSR count). The van der Waals surface area contributed by atoms with Crippen molar-refractivity contribution in [1.82, 2.24) is 15.6 Å². The number of amides is 2. The highest BCUT2D eigenvalue weighted by Crippen LogP contribution is 2.39. The van der Waals surface area contributed by atoms with E-state index in [0.717, 1.165) is 18.4 Å². The molecule has 108 valence electrons. The van der Waals surface area contributed by atoms with Gasteiger partial charge < -0.3 is 15.7 Å². The lowest BCUT2D eigenvalue weighted by Crippen LogP contribution is -2.43. The van der Waals surface area contributed by atoms with Crippen molar-refractivity contribution >= 4 is 12.0 Å². The fourth-order valence-electron chi connectivity index (χ4n) is 2.15. The van der Waals surface area contributed by atoms with Crippen molar-refractivity contribution in [2.24, 2.45) is 5.41 Å². The Balaban J connectivity index is 1.73. The van der Waals surface area contributed by atoms with Gasteiger partial charge in [-0.1, -0.05) is 19.4 Å². The third-order valence-corrected chi connectivity index (χ3v) is 3.73. The largest absolute Gasteiger partial charge is 0.477 e. The van der Waals surface area contributed by atoms with Crippen LogP contribution in [0, 0.1) is 5.41 Å². The molecule has 0 atom stereocenters. The fourth-order valence-corrected chi connectivity index (χ4v) is 2.15. The van der Waals surface area contributed by atoms with Crippen molar-refractivity contribution in [2.75, 3.05) is 6.54 Å². The molecule has 1 aliphatic rings. The summed E-state index contributed by atoms with van der Waals surface area (Å²) in [6.07, 6.45) is 5.01. The van der Waals surface area contributed by atoms with Crippen molar-refractivity contribution in [2.45, 2.75) is 32.7 Å². The molecule has 0 radical (unpaired) electrons. The van der Waals surface area contributed by atoms with Crippen molar-refractivity contribution < 1.29 is 14.7 Å². The molecule has 1 aliphatic carbocycles. The van der Waals surface area contributed by atoms with Crippen LogP contribution < -0.4 is 10.6 Å². The predicted octanol–water partition coefficient (Wildman–Crippen LogP) is 1.77. The van der Waals surface area contributed by atoms with E-state index in [4.69, 9.17) is 5.11 Å². The summed E-state index contributed by atoms with van der Waals surface area (Å²) in [5.41, 5.74) is 1.01. The minimum atomic E-state index is -1.06. The normalized spacial score (nSPS) is 16.1. The smallest absolute Gasteiger partial charge is 0.354 e. The first-order valence-corrected chi connectivity index (χ1v) is 6.68. The highest BCUT2D eigenvalue weighted by Gasteiger charge is 2.31. The number of hydrogen-bond acceptors (Lipinski definition) is 3. The van der Waals surface area contributed by atoms with Crippen LogP contribution in [0.4, 0.5) is 4.79 Å². The van der Waals surface area contributed by atoms with Gasteiger partial charge in [-0.2, -0.15) is 0 Å². The van der Waals surface area contributed by atoms with Crippen LogP contribution >= 0.6 is 0 Å². The van der Waals surface area contributed by atoms with Gasteiger partial charge in [-0.3, -0.25) is 0 Å². The minimum absolute atomic E-state index is 0.00360. The lowest BCUT2D eigenvalue weighted by atomic mass is 9.70. The Morgan fingerprint density at radius 3 is 2.60 bits per heavy atom. The SMILES string of the molecule is CC1(CNC(=O)NCc2ccc(C(=O)O)nc2)CCC1. The lowest BCUT2D eigenvalue weighted by Gasteiger charge is -2.38. The number of aromatic nitrogens is 1. The van der Waals surface area contributed by atoms with E-state index in [9.17, 15) is 9.59 Å². The Bertz CT molecular complexity index is 495. The average molecular weight is 277 g/mol. The van der Waals surface area contributed by atoms with Crippen LogP contribution in [-0.2, 0) is 6.54 Å². The summed E-state index contributed by atoms with van der Waals surface area (Å²) >= 11 is 0. The Morgan fingerprint density at radius 2 is 2.10 bits per heavy atom. The first-order chi connectivity index (χ1) is 9.48. The topological polar surface area (TPSA) is 91.3 Å². The molecule has 3 N–H and O–H groups in total. The molecule has 0 aliphatic heterocycles. The number of rotatable bonds is 5. The molecule has 20 heavy (non-hydrogen) atoms. The number of pyridine rings is 1. The van der Waals surface area contributed by atoms with Crippen LogP contribution in [0.5, 0.6) is 0 Å². The van der Waals surface area contributed by atoms with Gasteiger partial charge in [0.2, 0.25) is 0 Å². The fraction of sp³-hybridized carbons (Fsp3) is 0.500. The van der Waals surface area contributed by atoms with Gasteiger partial charge >= 0.3 is 12.0 Å². The van der Waals surface area contributed by atoms with E-state index in [-0.39, 0.29) is 17.1 Å². The molecule has 0 saturated heterocycles. The summed E-state index contributed by atoms with van der Waals surface area (Å²) in [5, 5.41) is 14.3. The standard InChI is InChI=1S/C14H19N3O3/c1-14(5-2-6-14)9-17-13(20)16-8-10-3-4-11(12(18)19)15-7-10/h3-4,7H,2,5-6,8-9H2,1H3,(H,18,19)(H2,16,17,20). The average Bonchev–Trinajstić information content (AvgIpc) is 2.41. The zero-order valence-electron chi connectivity index (χ0n) is 11.5. The van der Waals surface area contributed by atoms with Gasteiger partial charge in [0.15, 0.2) is 0 Å². The zero-order chi connectivity index (χ0) is 14.6. The molecule has 2 amide bonds. The quantitative estimate of drug-likeness (QED) is 0.765. The van der Waals surface area contributed by atoms with Crippen LogP contribution in [0.1, 0.15) is 42.2 Å². The second-order valence-corrected chi connectivity index (χ2v) is 5.56. The maximum Gasteiger partial charge on any atom is 0.354 e. The number of carboxylic acid groups (broad SMARTS) is 1. The number of hydrogen-bond donors (Lipinski definition) is 3. The molecule has 1 aromatic heterocycles. The molecule has 1 heterocycles. The van der Waals surface area contributed by atoms with Gasteiger partial charge in [0.05, 0.1) is 0 Å². The molecule has 0 unspecified atom stereocenters. The summed E-state index contributed by atoms with van der Waals surface area (Å²) in [6.45, 7) is 3.19. The molecule has 0 aromatic carbocycles. The van der Waals surface area contributed by atoms with E-state index >= 15 is 0 Å². The van der Waals surface area contributed by atoms with Crippen LogP contribution in [0.25, 0.3) is 0 Å². The molecule has 0 spiro atoms. The van der Waals surface area contributed by atoms with E-state index in [0.29, 0.717) is 13.1 Å². The molecule has 1 saturated carbocycles. The van der Waals surface area contributed by atoms with E-state index in [1.807, 2.05) is 0 Å². The Kier molecular flexibility index (Phi) is 4.22. The van der Waals surface area contributed by atoms with Gasteiger partial charge in [0.25, 0.3) is 0 Å². The van der Waals surface area contributed by atoms with Gasteiger partial charge in [0, 0.05) is 19.3 Å². The molecule has 1 fully saturated rings. The molecular weight excluding hydrogens is 258 g/mol. The summed E-state index contributed by atoms with van der Waals surface area (Å²) in [5.74, 6) is -1.06. The van der Waals surface area contributed by atoms with Gasteiger partial charge in [0.1, 0.15) is 5.69 Å². The number of carboxylic acids is 1. The third-order valence-electron chi connectivity index (χ3n) is 3.73. The van der Waals surface area contributed by atoms with E-state index in [1.165, 1.54) is 18.7 Å². The highest BCUT2D eigenvalue weighted by molar-refractivity contribution is 5.85. The summed E-state index contributed by atoms with van der Waals surface area (Å²) in [6, 6.07) is 2.86. The zero-order valence-corrected chi connectivity index (χ0v) is 11.5. The van der Waals surface area contributed by atoms with E-state index in [2.05, 4.69) is 22.5 Å².